The molecule has 0 atom stereocenters. The van der Waals surface area contributed by atoms with Gasteiger partial charge in [-0.15, -0.1) is 0 Å². The minimum atomic E-state index is -0.0120. The third-order valence-corrected chi connectivity index (χ3v) is 4.20. The van der Waals surface area contributed by atoms with Crippen molar-refractivity contribution >= 4 is 11.8 Å². The van der Waals surface area contributed by atoms with E-state index in [0.717, 1.165) is 11.1 Å². The van der Waals surface area contributed by atoms with Crippen LogP contribution in [-0.4, -0.2) is 38.8 Å². The summed E-state index contributed by atoms with van der Waals surface area (Å²) in [6, 6.07) is 0. The molecule has 0 aromatic carbocycles. The summed E-state index contributed by atoms with van der Waals surface area (Å²) >= 11 is 0.280. The van der Waals surface area contributed by atoms with E-state index in [1.165, 1.54) is 9.33 Å². The summed E-state index contributed by atoms with van der Waals surface area (Å²) in [4.78, 5) is 23.7. The molecular formula is C9H16IN2O2-. The van der Waals surface area contributed by atoms with Crippen molar-refractivity contribution in [1.82, 2.24) is 10.2 Å². The Morgan fingerprint density at radius 1 is 1.36 bits per heavy atom. The average molecular weight is 311 g/mol. The number of alkyl halides is 2. The number of imide groups is 1. The fourth-order valence-electron chi connectivity index (χ4n) is 1.29. The van der Waals surface area contributed by atoms with E-state index in [0.29, 0.717) is 19.4 Å². The monoisotopic (exact) mass is 311 g/mol. The van der Waals surface area contributed by atoms with Gasteiger partial charge < -0.3 is 0 Å². The molecule has 1 saturated heterocycles. The molecule has 1 aliphatic rings. The van der Waals surface area contributed by atoms with E-state index in [-0.39, 0.29) is 33.0 Å². The van der Waals surface area contributed by atoms with E-state index < -0.39 is 0 Å². The van der Waals surface area contributed by atoms with Gasteiger partial charge in [0.2, 0.25) is 0 Å². The maximum atomic E-state index is 11.2. The zero-order chi connectivity index (χ0) is 10.4. The second-order valence-electron chi connectivity index (χ2n) is 3.03. The standard InChI is InChI=1S/C9H16IN2O2/c1-2-10-7-11-5-6-12-8(13)3-4-9(12)14/h11H,2-7H2,1H3/q-1. The van der Waals surface area contributed by atoms with Crippen molar-refractivity contribution in [3.63, 3.8) is 0 Å². The molecule has 0 aliphatic carbocycles. The number of carbonyl (C=O) groups excluding carboxylic acids is 2. The van der Waals surface area contributed by atoms with Crippen LogP contribution in [0.15, 0.2) is 0 Å². The quantitative estimate of drug-likeness (QED) is 0.185. The number of halogens is 1. The normalized spacial score (nSPS) is 17.1. The first-order chi connectivity index (χ1) is 6.75. The van der Waals surface area contributed by atoms with Gasteiger partial charge in [-0.2, -0.15) is 0 Å². The Labute approximate surface area is 94.7 Å². The second kappa shape index (κ2) is 6.34. The molecule has 0 aromatic rings. The van der Waals surface area contributed by atoms with E-state index in [1.807, 2.05) is 0 Å². The summed E-state index contributed by atoms with van der Waals surface area (Å²) in [6.45, 7) is 3.48. The number of hydrogen-bond acceptors (Lipinski definition) is 3. The number of amides is 2. The molecule has 82 valence electrons. The molecule has 1 fully saturated rings. The van der Waals surface area contributed by atoms with Crippen LogP contribution in [0.5, 0.6) is 0 Å². The fraction of sp³-hybridized carbons (Fsp3) is 0.778. The number of hydrogen-bond donors (Lipinski definition) is 1. The fourth-order valence-corrected chi connectivity index (χ4v) is 2.59. The van der Waals surface area contributed by atoms with Crippen molar-refractivity contribution < 1.29 is 30.8 Å². The van der Waals surface area contributed by atoms with Gasteiger partial charge in [0.05, 0.1) is 0 Å². The van der Waals surface area contributed by atoms with Gasteiger partial charge in [0.1, 0.15) is 0 Å². The van der Waals surface area contributed by atoms with Crippen molar-refractivity contribution in [1.29, 1.82) is 0 Å². The molecule has 1 aliphatic heterocycles. The maximum absolute atomic E-state index is 11.2. The first-order valence-electron chi connectivity index (χ1n) is 4.83. The van der Waals surface area contributed by atoms with Gasteiger partial charge in [0.15, 0.2) is 0 Å². The Morgan fingerprint density at radius 2 is 2.00 bits per heavy atom. The predicted molar refractivity (Wildman–Crippen MR) is 49.4 cm³/mol. The van der Waals surface area contributed by atoms with Crippen molar-refractivity contribution in [2.24, 2.45) is 0 Å². The van der Waals surface area contributed by atoms with Crippen molar-refractivity contribution in [2.75, 3.05) is 22.1 Å². The van der Waals surface area contributed by atoms with Crippen molar-refractivity contribution in [3.8, 4) is 0 Å². The molecule has 1 rings (SSSR count). The summed E-state index contributed by atoms with van der Waals surface area (Å²) in [5.41, 5.74) is 0. The zero-order valence-electron chi connectivity index (χ0n) is 8.38. The van der Waals surface area contributed by atoms with Crippen LogP contribution < -0.4 is 26.5 Å². The Bertz CT molecular complexity index is 205. The van der Waals surface area contributed by atoms with E-state index in [4.69, 9.17) is 0 Å². The molecule has 0 radical (unpaired) electrons. The van der Waals surface area contributed by atoms with Crippen molar-refractivity contribution in [2.45, 2.75) is 19.8 Å². The van der Waals surface area contributed by atoms with Gasteiger partial charge in [-0.05, 0) is 0 Å². The van der Waals surface area contributed by atoms with Gasteiger partial charge in [0.25, 0.3) is 0 Å². The van der Waals surface area contributed by atoms with Gasteiger partial charge in [-0.1, -0.05) is 0 Å². The molecular weight excluding hydrogens is 295 g/mol. The number of carbonyl (C=O) groups is 2. The van der Waals surface area contributed by atoms with E-state index in [9.17, 15) is 9.59 Å². The number of nitrogens with zero attached hydrogens (tertiary/aromatic N) is 1. The first kappa shape index (κ1) is 11.9. The first-order valence-corrected chi connectivity index (χ1v) is 7.88. The number of likely N-dealkylation sites (tertiary alicyclic amines) is 1. The Hall–Kier alpha value is -0.170. The van der Waals surface area contributed by atoms with Gasteiger partial charge >= 0.3 is 94.7 Å². The zero-order valence-corrected chi connectivity index (χ0v) is 10.5. The molecule has 4 nitrogen and oxygen atoms in total. The summed E-state index contributed by atoms with van der Waals surface area (Å²) < 4.78 is 2.35. The van der Waals surface area contributed by atoms with Crippen LogP contribution in [0.2, 0.25) is 0 Å². The molecule has 14 heavy (non-hydrogen) atoms. The number of rotatable bonds is 6. The second-order valence-corrected chi connectivity index (χ2v) is 6.40. The van der Waals surface area contributed by atoms with Crippen molar-refractivity contribution in [3.05, 3.63) is 0 Å². The third-order valence-electron chi connectivity index (χ3n) is 2.04. The molecule has 1 heterocycles. The van der Waals surface area contributed by atoms with Gasteiger partial charge in [0, 0.05) is 0 Å². The summed E-state index contributed by atoms with van der Waals surface area (Å²) in [6.07, 6.45) is 0.807. The molecule has 0 bridgehead atoms. The summed E-state index contributed by atoms with van der Waals surface area (Å²) in [5.74, 6) is -0.0241. The van der Waals surface area contributed by atoms with E-state index in [2.05, 4.69) is 12.2 Å². The SMILES string of the molecule is CC[I-]CNCCN1C(=O)CCC1=O. The predicted octanol–water partition coefficient (Wildman–Crippen LogP) is -3.21. The van der Waals surface area contributed by atoms with Gasteiger partial charge in [-0.3, -0.25) is 0 Å². The van der Waals surface area contributed by atoms with Gasteiger partial charge in [-0.25, -0.2) is 0 Å². The van der Waals surface area contributed by atoms with Crippen LogP contribution >= 0.6 is 0 Å². The Morgan fingerprint density at radius 3 is 2.57 bits per heavy atom. The molecule has 2 amide bonds. The number of nitrogens with one attached hydrogen (secondary N) is 1. The summed E-state index contributed by atoms with van der Waals surface area (Å²) in [5, 5.41) is 3.26. The van der Waals surface area contributed by atoms with Crippen LogP contribution in [0.4, 0.5) is 0 Å². The van der Waals surface area contributed by atoms with E-state index in [1.54, 1.807) is 0 Å². The van der Waals surface area contributed by atoms with Crippen LogP contribution in [-0.2, 0) is 9.59 Å². The third kappa shape index (κ3) is 3.53. The average Bonchev–Trinajstić information content (AvgIpc) is 2.48. The molecule has 5 heteroatoms. The van der Waals surface area contributed by atoms with Crippen LogP contribution in [0, 0.1) is 0 Å². The molecule has 0 unspecified atom stereocenters. The van der Waals surface area contributed by atoms with E-state index >= 15 is 0 Å². The van der Waals surface area contributed by atoms with Crippen LogP contribution in [0.3, 0.4) is 0 Å². The molecule has 1 N–H and O–H groups in total. The topological polar surface area (TPSA) is 49.4 Å². The molecule has 0 saturated carbocycles. The van der Waals surface area contributed by atoms with Crippen LogP contribution in [0.1, 0.15) is 19.8 Å². The Balaban J connectivity index is 2.11. The molecule has 0 aromatic heterocycles. The Kier molecular flexibility index (Phi) is 5.39. The minimum absolute atomic E-state index is 0.0120. The van der Waals surface area contributed by atoms with Crippen LogP contribution in [0.25, 0.3) is 0 Å². The molecule has 0 spiro atoms. The summed E-state index contributed by atoms with van der Waals surface area (Å²) in [7, 11) is 0.